The van der Waals surface area contributed by atoms with Gasteiger partial charge in [-0.2, -0.15) is 4.68 Å². The van der Waals surface area contributed by atoms with E-state index in [1.165, 1.54) is 4.68 Å². The van der Waals surface area contributed by atoms with E-state index in [1.807, 2.05) is 56.3 Å². The molecule has 1 aromatic heterocycles. The maximum atomic E-state index is 12.8. The Bertz CT molecular complexity index is 689. The first kappa shape index (κ1) is 20.0. The van der Waals surface area contributed by atoms with Crippen LogP contribution in [0.2, 0.25) is 0 Å². The van der Waals surface area contributed by atoms with Gasteiger partial charge in [-0.15, -0.1) is 17.5 Å². The molecule has 1 heterocycles. The fourth-order valence-electron chi connectivity index (χ4n) is 2.31. The minimum absolute atomic E-state index is 0. The third-order valence-corrected chi connectivity index (χ3v) is 3.51. The fourth-order valence-corrected chi connectivity index (χ4v) is 2.31. The van der Waals surface area contributed by atoms with Gasteiger partial charge in [-0.3, -0.25) is 9.69 Å². The van der Waals surface area contributed by atoms with Gasteiger partial charge in [0.15, 0.2) is 0 Å². The van der Waals surface area contributed by atoms with E-state index < -0.39 is 0 Å². The second-order valence-electron chi connectivity index (χ2n) is 5.41. The van der Waals surface area contributed by atoms with E-state index in [4.69, 9.17) is 4.74 Å². The van der Waals surface area contributed by atoms with E-state index >= 15 is 0 Å². The minimum Gasteiger partial charge on any atom is -0.477 e. The van der Waals surface area contributed by atoms with Crippen molar-refractivity contribution in [1.29, 1.82) is 0 Å². The lowest BCUT2D eigenvalue weighted by Crippen LogP contribution is -2.37. The summed E-state index contributed by atoms with van der Waals surface area (Å²) in [4.78, 5) is 14.8. The second-order valence-corrected chi connectivity index (χ2v) is 5.41. The first-order chi connectivity index (χ1) is 11.1. The molecule has 6 nitrogen and oxygen atoms in total. The van der Waals surface area contributed by atoms with Crippen molar-refractivity contribution in [3.8, 4) is 11.6 Å². The zero-order chi connectivity index (χ0) is 16.8. The van der Waals surface area contributed by atoms with Crippen molar-refractivity contribution in [1.82, 2.24) is 14.7 Å². The lowest BCUT2D eigenvalue weighted by molar-refractivity contribution is 0.311. The summed E-state index contributed by atoms with van der Waals surface area (Å²) in [6.45, 7) is 4.45. The largest absolute Gasteiger partial charge is 0.477 e. The van der Waals surface area contributed by atoms with Crippen LogP contribution in [0, 0.1) is 0 Å². The van der Waals surface area contributed by atoms with Gasteiger partial charge in [-0.05, 0) is 39.6 Å². The molecule has 2 aromatic rings. The predicted molar refractivity (Wildman–Crippen MR) is 99.6 cm³/mol. The molecule has 7 heteroatoms. The van der Waals surface area contributed by atoms with Crippen molar-refractivity contribution < 1.29 is 4.74 Å². The third kappa shape index (κ3) is 4.72. The Morgan fingerprint density at radius 1 is 1.25 bits per heavy atom. The number of para-hydroxylation sites is 1. The molecule has 0 saturated heterocycles. The smallest absolute Gasteiger partial charge is 0.295 e. The topological polar surface area (TPSA) is 59.4 Å². The number of rotatable bonds is 7. The first-order valence-corrected chi connectivity index (χ1v) is 7.82. The van der Waals surface area contributed by atoms with Gasteiger partial charge in [0.2, 0.25) is 5.88 Å². The average Bonchev–Trinajstić information content (AvgIpc) is 2.55. The van der Waals surface area contributed by atoms with Crippen molar-refractivity contribution in [3.05, 3.63) is 46.8 Å². The maximum absolute atomic E-state index is 12.8. The molecule has 0 aliphatic heterocycles. The van der Waals surface area contributed by atoms with Gasteiger partial charge in [0.25, 0.3) is 5.56 Å². The molecule has 2 rings (SSSR count). The summed E-state index contributed by atoms with van der Waals surface area (Å²) in [6.07, 6.45) is 0.924. The number of nitrogens with one attached hydrogen (secondary N) is 1. The van der Waals surface area contributed by atoms with Crippen molar-refractivity contribution >= 4 is 18.1 Å². The summed E-state index contributed by atoms with van der Waals surface area (Å²) in [5, 5.41) is 7.58. The Morgan fingerprint density at radius 3 is 2.46 bits per heavy atom. The fraction of sp³-hybridized carbons (Fsp3) is 0.412. The molecule has 1 N–H and O–H groups in total. The van der Waals surface area contributed by atoms with Crippen LogP contribution < -0.4 is 15.6 Å². The van der Waals surface area contributed by atoms with E-state index in [9.17, 15) is 4.79 Å². The average molecular weight is 353 g/mol. The maximum Gasteiger partial charge on any atom is 0.295 e. The lowest BCUT2D eigenvalue weighted by Gasteiger charge is -2.25. The zero-order valence-corrected chi connectivity index (χ0v) is 15.3. The van der Waals surface area contributed by atoms with Crippen molar-refractivity contribution in [2.45, 2.75) is 26.4 Å². The summed E-state index contributed by atoms with van der Waals surface area (Å²) < 4.78 is 6.89. The molecule has 0 saturated carbocycles. The monoisotopic (exact) mass is 352 g/mol. The molecule has 1 atom stereocenters. The van der Waals surface area contributed by atoms with Gasteiger partial charge < -0.3 is 10.1 Å². The number of hydrogen-bond donors (Lipinski definition) is 1. The SMILES string of the molecule is CCOc1cc(NC(CC)N(C)C)c(=O)n(-c2ccccc2)n1.Cl. The molecule has 132 valence electrons. The number of aromatic nitrogens is 2. The van der Waals surface area contributed by atoms with Crippen LogP contribution in [0.15, 0.2) is 41.2 Å². The van der Waals surface area contributed by atoms with Crippen LogP contribution in [0.25, 0.3) is 5.69 Å². The molecule has 0 aliphatic carbocycles. The number of benzene rings is 1. The zero-order valence-electron chi connectivity index (χ0n) is 14.5. The normalized spacial score (nSPS) is 11.7. The van der Waals surface area contributed by atoms with Gasteiger partial charge in [-0.1, -0.05) is 25.1 Å². The molecule has 0 amide bonds. The predicted octanol–water partition coefficient (Wildman–Crippen LogP) is 2.76. The Labute approximate surface area is 148 Å². The Hall–Kier alpha value is -2.05. The number of anilines is 1. The summed E-state index contributed by atoms with van der Waals surface area (Å²) in [6, 6.07) is 11.0. The van der Waals surface area contributed by atoms with Gasteiger partial charge in [-0.25, -0.2) is 0 Å². The standard InChI is InChI=1S/C17H24N4O2.ClH/c1-5-15(20(3)4)18-14-12-16(23-6-2)19-21(17(14)22)13-10-8-7-9-11-13;/h7-12,15,18H,5-6H2,1-4H3;1H. The molecule has 1 unspecified atom stereocenters. The second kappa shape index (κ2) is 9.30. The highest BCUT2D eigenvalue weighted by atomic mass is 35.5. The highest BCUT2D eigenvalue weighted by Crippen LogP contribution is 2.15. The quantitative estimate of drug-likeness (QED) is 0.776. The highest BCUT2D eigenvalue weighted by molar-refractivity contribution is 5.85. The molecule has 0 bridgehead atoms. The third-order valence-electron chi connectivity index (χ3n) is 3.51. The molecule has 24 heavy (non-hydrogen) atoms. The lowest BCUT2D eigenvalue weighted by atomic mass is 10.3. The Morgan fingerprint density at radius 2 is 1.92 bits per heavy atom. The molecule has 0 fully saturated rings. The molecular formula is C17H25ClN4O2. The number of nitrogens with zero attached hydrogens (tertiary/aromatic N) is 3. The molecule has 0 spiro atoms. The van der Waals surface area contributed by atoms with Gasteiger partial charge in [0.05, 0.1) is 18.5 Å². The Kier molecular flexibility index (Phi) is 7.74. The van der Waals surface area contributed by atoms with Crippen LogP contribution >= 0.6 is 12.4 Å². The van der Waals surface area contributed by atoms with Gasteiger partial charge in [0, 0.05) is 6.07 Å². The van der Waals surface area contributed by atoms with Gasteiger partial charge >= 0.3 is 0 Å². The molecular weight excluding hydrogens is 328 g/mol. The minimum atomic E-state index is -0.194. The van der Waals surface area contributed by atoms with Crippen molar-refractivity contribution in [2.24, 2.45) is 0 Å². The number of ether oxygens (including phenoxy) is 1. The van der Waals surface area contributed by atoms with Crippen molar-refractivity contribution in [2.75, 3.05) is 26.0 Å². The summed E-state index contributed by atoms with van der Waals surface area (Å²) in [7, 11) is 3.95. The number of halogens is 1. The van der Waals surface area contributed by atoms with E-state index in [0.29, 0.717) is 23.9 Å². The molecule has 1 aromatic carbocycles. The molecule has 0 aliphatic rings. The van der Waals surface area contributed by atoms with E-state index in [0.717, 1.165) is 6.42 Å². The summed E-state index contributed by atoms with van der Waals surface area (Å²) >= 11 is 0. The van der Waals surface area contributed by atoms with Crippen LogP contribution in [0.5, 0.6) is 5.88 Å². The van der Waals surface area contributed by atoms with Crippen LogP contribution in [0.1, 0.15) is 20.3 Å². The van der Waals surface area contributed by atoms with Crippen molar-refractivity contribution in [3.63, 3.8) is 0 Å². The van der Waals surface area contributed by atoms with Crippen LogP contribution in [0.4, 0.5) is 5.69 Å². The highest BCUT2D eigenvalue weighted by Gasteiger charge is 2.15. The summed E-state index contributed by atoms with van der Waals surface area (Å²) in [5.41, 5.74) is 0.993. The number of hydrogen-bond acceptors (Lipinski definition) is 5. The first-order valence-electron chi connectivity index (χ1n) is 7.82. The van der Waals surface area contributed by atoms with E-state index in [2.05, 4.69) is 17.3 Å². The van der Waals surface area contributed by atoms with Crippen LogP contribution in [-0.2, 0) is 0 Å². The molecule has 0 radical (unpaired) electrons. The Balaban J connectivity index is 0.00000288. The van der Waals surface area contributed by atoms with E-state index in [-0.39, 0.29) is 24.1 Å². The van der Waals surface area contributed by atoms with Crippen LogP contribution in [0.3, 0.4) is 0 Å². The van der Waals surface area contributed by atoms with Crippen LogP contribution in [-0.4, -0.2) is 41.5 Å². The van der Waals surface area contributed by atoms with E-state index in [1.54, 1.807) is 6.07 Å². The summed E-state index contributed by atoms with van der Waals surface area (Å²) in [5.74, 6) is 0.423. The van der Waals surface area contributed by atoms with Gasteiger partial charge in [0.1, 0.15) is 5.69 Å².